The average molecular weight is 378 g/mol. The molecule has 0 heterocycles. The fourth-order valence-corrected chi connectivity index (χ4v) is 3.89. The number of allylic oxidation sites excluding steroid dienone is 5. The Morgan fingerprint density at radius 1 is 1.00 bits per heavy atom. The highest BCUT2D eigenvalue weighted by Crippen LogP contribution is 2.38. The van der Waals surface area contributed by atoms with Gasteiger partial charge in [0.15, 0.2) is 0 Å². The second-order valence-electron chi connectivity index (χ2n) is 7.22. The Bertz CT molecular complexity index is 1010. The minimum Gasteiger partial charge on any atom is -0.507 e. The van der Waals surface area contributed by atoms with Crippen molar-refractivity contribution in [2.24, 2.45) is 0 Å². The van der Waals surface area contributed by atoms with Gasteiger partial charge in [-0.25, -0.2) is 0 Å². The molecule has 2 aliphatic rings. The van der Waals surface area contributed by atoms with Crippen LogP contribution in [0.3, 0.4) is 0 Å². The van der Waals surface area contributed by atoms with Crippen molar-refractivity contribution < 1.29 is 25.5 Å². The van der Waals surface area contributed by atoms with Crippen LogP contribution in [0.1, 0.15) is 46.6 Å². The molecule has 0 aliphatic heterocycles. The van der Waals surface area contributed by atoms with Crippen LogP contribution in [0.25, 0.3) is 17.2 Å². The van der Waals surface area contributed by atoms with E-state index >= 15 is 0 Å². The minimum absolute atomic E-state index is 0.171. The van der Waals surface area contributed by atoms with Gasteiger partial charge in [-0.15, -0.1) is 0 Å². The Balaban J connectivity index is 1.58. The predicted molar refractivity (Wildman–Crippen MR) is 107 cm³/mol. The number of benzene rings is 2. The molecule has 0 aromatic heterocycles. The highest BCUT2D eigenvalue weighted by Gasteiger charge is 2.26. The largest absolute Gasteiger partial charge is 0.507 e. The van der Waals surface area contributed by atoms with Crippen LogP contribution in [-0.4, -0.2) is 32.1 Å². The van der Waals surface area contributed by atoms with Crippen molar-refractivity contribution in [3.05, 3.63) is 82.4 Å². The van der Waals surface area contributed by atoms with Gasteiger partial charge in [-0.05, 0) is 64.4 Å². The van der Waals surface area contributed by atoms with Crippen LogP contribution in [0.2, 0.25) is 0 Å². The van der Waals surface area contributed by atoms with E-state index in [1.54, 1.807) is 6.07 Å². The first-order chi connectivity index (χ1) is 13.4. The Morgan fingerprint density at radius 2 is 1.79 bits per heavy atom. The summed E-state index contributed by atoms with van der Waals surface area (Å²) >= 11 is 0. The lowest BCUT2D eigenvalue weighted by molar-refractivity contribution is -0.324. The molecule has 0 bridgehead atoms. The van der Waals surface area contributed by atoms with Gasteiger partial charge in [-0.2, -0.15) is 0 Å². The monoisotopic (exact) mass is 378 g/mol. The van der Waals surface area contributed by atoms with E-state index in [1.807, 2.05) is 12.2 Å². The fraction of sp³-hybridized carbons (Fsp3) is 0.217. The summed E-state index contributed by atoms with van der Waals surface area (Å²) in [5.41, 5.74) is 5.99. The van der Waals surface area contributed by atoms with Crippen LogP contribution in [0.4, 0.5) is 0 Å². The molecular formula is C23H22O5. The Hall–Kier alpha value is -2.70. The molecule has 2 aromatic rings. The number of rotatable bonds is 5. The molecule has 1 atom stereocenters. The van der Waals surface area contributed by atoms with Gasteiger partial charge < -0.3 is 25.5 Å². The first-order valence-electron chi connectivity index (χ1n) is 9.22. The van der Waals surface area contributed by atoms with E-state index in [4.69, 9.17) is 0 Å². The van der Waals surface area contributed by atoms with Crippen molar-refractivity contribution in [3.8, 4) is 5.75 Å². The first-order valence-corrected chi connectivity index (χ1v) is 9.22. The molecule has 2 aromatic carbocycles. The molecule has 5 heteroatoms. The molecule has 0 saturated heterocycles. The number of hydrogen-bond acceptors (Lipinski definition) is 5. The highest BCUT2D eigenvalue weighted by atomic mass is 16.7. The Morgan fingerprint density at radius 3 is 2.50 bits per heavy atom. The zero-order valence-corrected chi connectivity index (χ0v) is 15.2. The van der Waals surface area contributed by atoms with Crippen LogP contribution < -0.4 is 0 Å². The molecular weight excluding hydrogens is 356 g/mol. The van der Waals surface area contributed by atoms with Gasteiger partial charge in [-0.3, -0.25) is 0 Å². The normalized spacial score (nSPS) is 18.2. The summed E-state index contributed by atoms with van der Waals surface area (Å²) in [5.74, 6) is -3.18. The fourth-order valence-electron chi connectivity index (χ4n) is 3.89. The maximum atomic E-state index is 9.99. The summed E-state index contributed by atoms with van der Waals surface area (Å²) in [6.07, 6.45) is 9.81. The second-order valence-corrected chi connectivity index (χ2v) is 7.22. The van der Waals surface area contributed by atoms with Gasteiger partial charge in [0.1, 0.15) is 5.75 Å². The van der Waals surface area contributed by atoms with Gasteiger partial charge in [-0.1, -0.05) is 42.5 Å². The molecule has 0 fully saturated rings. The highest BCUT2D eigenvalue weighted by molar-refractivity contribution is 5.90. The zero-order chi connectivity index (χ0) is 19.9. The standard InChI is InChI=1S/C23H22O5/c24-10-9-14-1-4-19-12-17(5-7-20(14)19)15-2-3-16(11-15)18-6-8-21(22(25)13-18)23(26,27)28/h1,3-8,11-14,24-28H,2,9-10H2. The predicted octanol–water partition coefficient (Wildman–Crippen LogP) is 2.84. The Kier molecular flexibility index (Phi) is 4.69. The van der Waals surface area contributed by atoms with E-state index < -0.39 is 5.97 Å². The van der Waals surface area contributed by atoms with Crippen LogP contribution in [0.15, 0.2) is 54.6 Å². The summed E-state index contributed by atoms with van der Waals surface area (Å²) in [7, 11) is 0. The number of aromatic hydroxyl groups is 1. The summed E-state index contributed by atoms with van der Waals surface area (Å²) in [4.78, 5) is 0. The van der Waals surface area contributed by atoms with Gasteiger partial charge >= 0.3 is 5.97 Å². The summed E-state index contributed by atoms with van der Waals surface area (Å²) in [6.45, 7) is 0.171. The van der Waals surface area contributed by atoms with E-state index in [1.165, 1.54) is 23.3 Å². The molecule has 28 heavy (non-hydrogen) atoms. The molecule has 0 spiro atoms. The molecule has 1 unspecified atom stereocenters. The molecule has 4 rings (SSSR count). The average Bonchev–Trinajstić information content (AvgIpc) is 3.28. The zero-order valence-electron chi connectivity index (χ0n) is 15.2. The molecule has 0 saturated carbocycles. The molecule has 144 valence electrons. The van der Waals surface area contributed by atoms with Crippen molar-refractivity contribution in [2.75, 3.05) is 6.61 Å². The molecule has 2 aliphatic carbocycles. The van der Waals surface area contributed by atoms with Crippen molar-refractivity contribution in [1.29, 1.82) is 0 Å². The third-order valence-corrected chi connectivity index (χ3v) is 5.37. The number of aliphatic hydroxyl groups excluding tert-OH is 1. The van der Waals surface area contributed by atoms with Crippen LogP contribution in [0.5, 0.6) is 5.75 Å². The minimum atomic E-state index is -3.07. The first kappa shape index (κ1) is 18.7. The quantitative estimate of drug-likeness (QED) is 0.515. The lowest BCUT2D eigenvalue weighted by Gasteiger charge is -2.16. The third kappa shape index (κ3) is 3.41. The number of hydrogen-bond donors (Lipinski definition) is 5. The molecule has 0 radical (unpaired) electrons. The van der Waals surface area contributed by atoms with Gasteiger partial charge in [0.2, 0.25) is 0 Å². The smallest absolute Gasteiger partial charge is 0.308 e. The number of fused-ring (bicyclic) bond motifs is 1. The maximum absolute atomic E-state index is 9.99. The number of phenolic OH excluding ortho intramolecular Hbond substituents is 1. The van der Waals surface area contributed by atoms with Gasteiger partial charge in [0, 0.05) is 12.5 Å². The molecule has 0 amide bonds. The maximum Gasteiger partial charge on any atom is 0.308 e. The van der Waals surface area contributed by atoms with Gasteiger partial charge in [0.25, 0.3) is 0 Å². The number of phenols is 1. The van der Waals surface area contributed by atoms with Crippen molar-refractivity contribution >= 4 is 17.2 Å². The topological polar surface area (TPSA) is 101 Å². The van der Waals surface area contributed by atoms with Crippen LogP contribution in [-0.2, 0) is 5.97 Å². The van der Waals surface area contributed by atoms with Crippen molar-refractivity contribution in [1.82, 2.24) is 0 Å². The van der Waals surface area contributed by atoms with Crippen LogP contribution >= 0.6 is 0 Å². The van der Waals surface area contributed by atoms with E-state index in [-0.39, 0.29) is 23.8 Å². The summed E-state index contributed by atoms with van der Waals surface area (Å²) in [5, 5.41) is 46.9. The summed E-state index contributed by atoms with van der Waals surface area (Å²) in [6, 6.07) is 10.7. The third-order valence-electron chi connectivity index (χ3n) is 5.37. The lowest BCUT2D eigenvalue weighted by Crippen LogP contribution is -2.23. The van der Waals surface area contributed by atoms with E-state index in [2.05, 4.69) is 30.4 Å². The van der Waals surface area contributed by atoms with E-state index in [9.17, 15) is 25.5 Å². The van der Waals surface area contributed by atoms with E-state index in [0.29, 0.717) is 0 Å². The van der Waals surface area contributed by atoms with Crippen molar-refractivity contribution in [2.45, 2.75) is 24.7 Å². The second kappa shape index (κ2) is 7.04. The Labute approximate surface area is 162 Å². The molecule has 5 N–H and O–H groups in total. The van der Waals surface area contributed by atoms with E-state index in [0.717, 1.165) is 35.1 Å². The molecule has 5 nitrogen and oxygen atoms in total. The van der Waals surface area contributed by atoms with Crippen LogP contribution in [0, 0.1) is 0 Å². The van der Waals surface area contributed by atoms with Crippen molar-refractivity contribution in [3.63, 3.8) is 0 Å². The number of aliphatic hydroxyl groups is 4. The lowest BCUT2D eigenvalue weighted by atomic mass is 9.94. The van der Waals surface area contributed by atoms with Gasteiger partial charge in [0.05, 0.1) is 5.56 Å². The SMILES string of the molecule is OCCC1C=Cc2cc(C3=CC(c4ccc(C(O)(O)O)c(O)c4)=CC3)ccc21. The summed E-state index contributed by atoms with van der Waals surface area (Å²) < 4.78 is 0.